The Kier molecular flexibility index (Phi) is 4.33. The summed E-state index contributed by atoms with van der Waals surface area (Å²) in [5, 5.41) is 13.0. The van der Waals surface area contributed by atoms with Gasteiger partial charge in [0.2, 0.25) is 0 Å². The molecule has 0 bridgehead atoms. The Bertz CT molecular complexity index is 794. The van der Waals surface area contributed by atoms with E-state index in [0.717, 1.165) is 6.07 Å². The fraction of sp³-hybridized carbons (Fsp3) is 0.0909. The molecule has 0 aliphatic rings. The van der Waals surface area contributed by atoms with Crippen LogP contribution in [0.25, 0.3) is 0 Å². The Balaban J connectivity index is 2.42. The first-order valence-electron chi connectivity index (χ1n) is 5.56. The number of nitrogens with one attached hydrogen (secondary N) is 2. The number of H-pyrrole nitrogens is 1. The molecule has 0 saturated carbocycles. The summed E-state index contributed by atoms with van der Waals surface area (Å²) in [5.74, 6) is -0.304. The molecule has 0 saturated heterocycles. The van der Waals surface area contributed by atoms with E-state index >= 15 is 0 Å². The zero-order valence-electron chi connectivity index (χ0n) is 10.4. The van der Waals surface area contributed by atoms with Crippen molar-refractivity contribution < 1.29 is 18.1 Å². The number of hydrogen-bond acceptors (Lipinski definition) is 5. The van der Waals surface area contributed by atoms with Crippen molar-refractivity contribution in [2.24, 2.45) is 0 Å². The van der Waals surface area contributed by atoms with Crippen molar-refractivity contribution in [1.29, 1.82) is 0 Å². The standard InChI is InChI=1S/C11H6ClF3N4O2S/c12-6-3-5(11(13,14)15)4-16-9(6)18-10-7(19(20)21)1-2-8(22)17-10/h1-4H,(H2,16,17,18,22). The van der Waals surface area contributed by atoms with Crippen molar-refractivity contribution >= 4 is 41.1 Å². The molecule has 0 amide bonds. The third-order valence-corrected chi connectivity index (χ3v) is 3.03. The maximum atomic E-state index is 12.5. The first-order valence-corrected chi connectivity index (χ1v) is 6.34. The van der Waals surface area contributed by atoms with Crippen LogP contribution in [0.2, 0.25) is 5.02 Å². The molecule has 6 nitrogen and oxygen atoms in total. The van der Waals surface area contributed by atoms with E-state index < -0.39 is 16.7 Å². The van der Waals surface area contributed by atoms with E-state index in [1.54, 1.807) is 0 Å². The zero-order valence-corrected chi connectivity index (χ0v) is 12.0. The number of aromatic amines is 1. The molecule has 0 aliphatic heterocycles. The van der Waals surface area contributed by atoms with Crippen LogP contribution in [0, 0.1) is 14.8 Å². The minimum Gasteiger partial charge on any atom is -0.327 e. The van der Waals surface area contributed by atoms with Gasteiger partial charge in [-0.1, -0.05) is 23.8 Å². The second kappa shape index (κ2) is 5.89. The van der Waals surface area contributed by atoms with Crippen LogP contribution >= 0.6 is 23.8 Å². The number of anilines is 2. The molecule has 0 unspecified atom stereocenters. The van der Waals surface area contributed by atoms with E-state index in [4.69, 9.17) is 23.8 Å². The highest BCUT2D eigenvalue weighted by atomic mass is 35.5. The van der Waals surface area contributed by atoms with E-state index in [1.165, 1.54) is 6.07 Å². The van der Waals surface area contributed by atoms with Gasteiger partial charge >= 0.3 is 11.9 Å². The topological polar surface area (TPSA) is 83.8 Å². The molecule has 2 rings (SSSR count). The van der Waals surface area contributed by atoms with E-state index in [0.29, 0.717) is 12.3 Å². The lowest BCUT2D eigenvalue weighted by atomic mass is 10.2. The molecule has 0 aliphatic carbocycles. The van der Waals surface area contributed by atoms with Crippen LogP contribution in [0.1, 0.15) is 5.56 Å². The monoisotopic (exact) mass is 350 g/mol. The number of rotatable bonds is 3. The summed E-state index contributed by atoms with van der Waals surface area (Å²) >= 11 is 10.6. The third-order valence-electron chi connectivity index (χ3n) is 2.51. The van der Waals surface area contributed by atoms with Crippen LogP contribution in [-0.2, 0) is 6.18 Å². The van der Waals surface area contributed by atoms with E-state index in [1.807, 2.05) is 0 Å². The number of alkyl halides is 3. The zero-order chi connectivity index (χ0) is 16.5. The molecule has 0 radical (unpaired) electrons. The molecule has 22 heavy (non-hydrogen) atoms. The number of nitro groups is 1. The normalized spacial score (nSPS) is 11.3. The predicted molar refractivity (Wildman–Crippen MR) is 75.8 cm³/mol. The summed E-state index contributed by atoms with van der Waals surface area (Å²) in [5.41, 5.74) is -1.38. The predicted octanol–water partition coefficient (Wildman–Crippen LogP) is 4.46. The molecule has 0 fully saturated rings. The first kappa shape index (κ1) is 16.2. The SMILES string of the molecule is O=[N+]([O-])c1ccc(=S)[nH]c1Nc1ncc(C(F)(F)F)cc1Cl. The van der Waals surface area contributed by atoms with Gasteiger partial charge in [-0.25, -0.2) is 4.98 Å². The maximum Gasteiger partial charge on any atom is 0.417 e. The highest BCUT2D eigenvalue weighted by Crippen LogP contribution is 2.34. The average Bonchev–Trinajstić information content (AvgIpc) is 2.39. The van der Waals surface area contributed by atoms with Gasteiger partial charge in [-0.05, 0) is 12.1 Å². The van der Waals surface area contributed by atoms with Crippen LogP contribution in [0.4, 0.5) is 30.5 Å². The van der Waals surface area contributed by atoms with Gasteiger partial charge in [0.05, 0.1) is 15.5 Å². The lowest BCUT2D eigenvalue weighted by Crippen LogP contribution is -2.07. The molecule has 0 spiro atoms. The molecule has 0 atom stereocenters. The molecule has 2 aromatic rings. The van der Waals surface area contributed by atoms with Crippen LogP contribution in [0.3, 0.4) is 0 Å². The molecule has 2 heterocycles. The van der Waals surface area contributed by atoms with E-state index in [-0.39, 0.29) is 27.0 Å². The van der Waals surface area contributed by atoms with Crippen molar-refractivity contribution in [2.45, 2.75) is 6.18 Å². The second-order valence-corrected chi connectivity index (χ2v) is 4.86. The van der Waals surface area contributed by atoms with E-state index in [2.05, 4.69) is 15.3 Å². The highest BCUT2D eigenvalue weighted by Gasteiger charge is 2.31. The van der Waals surface area contributed by atoms with Gasteiger partial charge in [0, 0.05) is 12.3 Å². The maximum absolute atomic E-state index is 12.5. The molecule has 116 valence electrons. The fourth-order valence-corrected chi connectivity index (χ4v) is 1.90. The Morgan fingerprint density at radius 3 is 2.64 bits per heavy atom. The highest BCUT2D eigenvalue weighted by molar-refractivity contribution is 7.71. The quantitative estimate of drug-likeness (QED) is 0.485. The van der Waals surface area contributed by atoms with Crippen LogP contribution in [0.5, 0.6) is 0 Å². The second-order valence-electron chi connectivity index (χ2n) is 4.02. The Morgan fingerprint density at radius 2 is 2.09 bits per heavy atom. The summed E-state index contributed by atoms with van der Waals surface area (Å²) in [6.45, 7) is 0. The van der Waals surface area contributed by atoms with Crippen LogP contribution in [0.15, 0.2) is 24.4 Å². The summed E-state index contributed by atoms with van der Waals surface area (Å²) in [6.07, 6.45) is -4.02. The van der Waals surface area contributed by atoms with Crippen molar-refractivity contribution in [2.75, 3.05) is 5.32 Å². The van der Waals surface area contributed by atoms with Gasteiger partial charge < -0.3 is 10.3 Å². The van der Waals surface area contributed by atoms with Gasteiger partial charge in [-0.2, -0.15) is 13.2 Å². The van der Waals surface area contributed by atoms with Gasteiger partial charge in [0.15, 0.2) is 5.82 Å². The van der Waals surface area contributed by atoms with E-state index in [9.17, 15) is 23.3 Å². The number of hydrogen-bond donors (Lipinski definition) is 2. The summed E-state index contributed by atoms with van der Waals surface area (Å²) in [6, 6.07) is 3.12. The largest absolute Gasteiger partial charge is 0.417 e. The van der Waals surface area contributed by atoms with Crippen LogP contribution < -0.4 is 5.32 Å². The van der Waals surface area contributed by atoms with Gasteiger partial charge in [0.1, 0.15) is 10.5 Å². The molecule has 0 aromatic carbocycles. The minimum absolute atomic E-state index is 0.133. The third kappa shape index (κ3) is 3.52. The number of pyridine rings is 2. The average molecular weight is 351 g/mol. The van der Waals surface area contributed by atoms with Gasteiger partial charge in [-0.15, -0.1) is 0 Å². The Morgan fingerprint density at radius 1 is 1.41 bits per heavy atom. The summed E-state index contributed by atoms with van der Waals surface area (Å²) < 4.78 is 37.8. The summed E-state index contributed by atoms with van der Waals surface area (Å²) in [7, 11) is 0. The molecular weight excluding hydrogens is 345 g/mol. The fourth-order valence-electron chi connectivity index (χ4n) is 1.52. The smallest absolute Gasteiger partial charge is 0.327 e. The molecule has 2 N–H and O–H groups in total. The molecule has 11 heteroatoms. The van der Waals surface area contributed by atoms with Crippen molar-refractivity contribution in [3.8, 4) is 0 Å². The lowest BCUT2D eigenvalue weighted by Gasteiger charge is -2.10. The van der Waals surface area contributed by atoms with Crippen LogP contribution in [-0.4, -0.2) is 14.9 Å². The van der Waals surface area contributed by atoms with Gasteiger partial charge in [-0.3, -0.25) is 10.1 Å². The Labute approximate surface area is 131 Å². The number of halogens is 4. The van der Waals surface area contributed by atoms with Crippen molar-refractivity contribution in [3.63, 3.8) is 0 Å². The van der Waals surface area contributed by atoms with Gasteiger partial charge in [0.25, 0.3) is 0 Å². The van der Waals surface area contributed by atoms with Crippen molar-refractivity contribution in [3.05, 3.63) is 49.7 Å². The number of nitrogens with zero attached hydrogens (tertiary/aromatic N) is 2. The molecular formula is C11H6ClF3N4O2S. The Hall–Kier alpha value is -2.20. The lowest BCUT2D eigenvalue weighted by molar-refractivity contribution is -0.384. The number of aromatic nitrogens is 2. The molecule has 2 aromatic heterocycles. The first-order chi connectivity index (χ1) is 10.2. The van der Waals surface area contributed by atoms with Crippen molar-refractivity contribution in [1.82, 2.24) is 9.97 Å². The summed E-state index contributed by atoms with van der Waals surface area (Å²) in [4.78, 5) is 16.3. The minimum atomic E-state index is -4.59.